The molecule has 2 aromatic rings. The lowest BCUT2D eigenvalue weighted by Crippen LogP contribution is -2.54. The lowest BCUT2D eigenvalue weighted by Gasteiger charge is -2.24. The Hall–Kier alpha value is -1.81. The Morgan fingerprint density at radius 1 is 0.625 bits per heavy atom. The molecule has 0 aliphatic carbocycles. The van der Waals surface area contributed by atoms with Crippen LogP contribution in [0.25, 0.3) is 11.1 Å². The van der Waals surface area contributed by atoms with Gasteiger partial charge in [-0.05, 0) is 5.56 Å². The Kier molecular flexibility index (Phi) is 5.38. The number of rotatable bonds is 5. The van der Waals surface area contributed by atoms with E-state index < -0.39 is 43.5 Å². The molecule has 2 aromatic carbocycles. The SMILES string of the molecule is CO[Si](OC)(OC)c1ccc(-c2c(F)c(F)c(F)c(F)c2F)cc1. The predicted octanol–water partition coefficient (Wildman–Crippen LogP) is 3.13. The summed E-state index contributed by atoms with van der Waals surface area (Å²) in [5.41, 5.74) is -1.18. The van der Waals surface area contributed by atoms with E-state index in [1.165, 1.54) is 45.6 Å². The Bertz CT molecular complexity index is 710. The largest absolute Gasteiger partial charge is 0.536 e. The monoisotopic (exact) mass is 364 g/mol. The average Bonchev–Trinajstić information content (AvgIpc) is 2.61. The van der Waals surface area contributed by atoms with Gasteiger partial charge in [-0.3, -0.25) is 0 Å². The van der Waals surface area contributed by atoms with Crippen LogP contribution in [0, 0.1) is 29.1 Å². The topological polar surface area (TPSA) is 27.7 Å². The molecule has 0 fully saturated rings. The van der Waals surface area contributed by atoms with Gasteiger partial charge in [-0.2, -0.15) is 0 Å². The molecular formula is C15H13F5O3Si. The molecule has 0 radical (unpaired) electrons. The highest BCUT2D eigenvalue weighted by atomic mass is 28.4. The molecule has 0 spiro atoms. The molecule has 3 nitrogen and oxygen atoms in total. The Balaban J connectivity index is 2.58. The van der Waals surface area contributed by atoms with Crippen molar-refractivity contribution in [1.29, 1.82) is 0 Å². The van der Waals surface area contributed by atoms with Crippen molar-refractivity contribution in [1.82, 2.24) is 0 Å². The third-order valence-electron chi connectivity index (χ3n) is 3.54. The fourth-order valence-electron chi connectivity index (χ4n) is 2.30. The molecule has 9 heteroatoms. The number of benzene rings is 2. The van der Waals surface area contributed by atoms with Gasteiger partial charge in [0.05, 0.1) is 5.56 Å². The van der Waals surface area contributed by atoms with E-state index in [-0.39, 0.29) is 5.56 Å². The van der Waals surface area contributed by atoms with Crippen molar-refractivity contribution in [2.24, 2.45) is 0 Å². The molecule has 0 aromatic heterocycles. The zero-order valence-corrected chi connectivity index (χ0v) is 13.9. The van der Waals surface area contributed by atoms with Crippen LogP contribution >= 0.6 is 0 Å². The first-order valence-corrected chi connectivity index (χ1v) is 8.33. The maximum absolute atomic E-state index is 13.8. The van der Waals surface area contributed by atoms with Crippen molar-refractivity contribution in [3.05, 3.63) is 53.4 Å². The van der Waals surface area contributed by atoms with Gasteiger partial charge < -0.3 is 13.3 Å². The highest BCUT2D eigenvalue weighted by Gasteiger charge is 2.40. The summed E-state index contributed by atoms with van der Waals surface area (Å²) in [5.74, 6) is -9.99. The molecular weight excluding hydrogens is 351 g/mol. The van der Waals surface area contributed by atoms with Crippen molar-refractivity contribution in [2.45, 2.75) is 0 Å². The van der Waals surface area contributed by atoms with Gasteiger partial charge >= 0.3 is 8.80 Å². The zero-order valence-electron chi connectivity index (χ0n) is 12.9. The molecule has 0 aliphatic heterocycles. The van der Waals surface area contributed by atoms with Crippen LogP contribution in [0.15, 0.2) is 24.3 Å². The van der Waals surface area contributed by atoms with Crippen LogP contribution in [0.1, 0.15) is 0 Å². The van der Waals surface area contributed by atoms with Gasteiger partial charge in [0.25, 0.3) is 0 Å². The third-order valence-corrected chi connectivity index (χ3v) is 6.20. The molecule has 0 N–H and O–H groups in total. The minimum absolute atomic E-state index is 0.183. The van der Waals surface area contributed by atoms with Crippen molar-refractivity contribution in [3.63, 3.8) is 0 Å². The minimum atomic E-state index is -3.17. The summed E-state index contributed by atoms with van der Waals surface area (Å²) in [5, 5.41) is 0.461. The second-order valence-corrected chi connectivity index (χ2v) is 7.61. The van der Waals surface area contributed by atoms with Crippen LogP contribution in [0.5, 0.6) is 0 Å². The number of hydrogen-bond donors (Lipinski definition) is 0. The molecule has 130 valence electrons. The summed E-state index contributed by atoms with van der Waals surface area (Å²) < 4.78 is 83.1. The molecule has 0 bridgehead atoms. The van der Waals surface area contributed by atoms with Crippen LogP contribution in [-0.2, 0) is 13.3 Å². The van der Waals surface area contributed by atoms with Gasteiger partial charge in [0.15, 0.2) is 23.3 Å². The van der Waals surface area contributed by atoms with Crippen molar-refractivity contribution >= 4 is 14.0 Å². The van der Waals surface area contributed by atoms with Crippen molar-refractivity contribution in [3.8, 4) is 11.1 Å². The van der Waals surface area contributed by atoms with Crippen LogP contribution in [-0.4, -0.2) is 30.1 Å². The first-order valence-electron chi connectivity index (χ1n) is 6.60. The Labute approximate surface area is 136 Å². The fraction of sp³-hybridized carbons (Fsp3) is 0.200. The molecule has 0 atom stereocenters. The van der Waals surface area contributed by atoms with Crippen molar-refractivity contribution < 1.29 is 35.2 Å². The second-order valence-electron chi connectivity index (χ2n) is 4.69. The summed E-state index contributed by atoms with van der Waals surface area (Å²) in [6.07, 6.45) is 0. The van der Waals surface area contributed by atoms with E-state index >= 15 is 0 Å². The molecule has 0 aliphatic rings. The highest BCUT2D eigenvalue weighted by molar-refractivity contribution is 6.75. The fourth-order valence-corrected chi connectivity index (χ4v) is 4.08. The molecule has 0 saturated carbocycles. The van der Waals surface area contributed by atoms with Crippen LogP contribution < -0.4 is 5.19 Å². The maximum atomic E-state index is 13.8. The van der Waals surface area contributed by atoms with E-state index in [0.29, 0.717) is 5.19 Å². The van der Waals surface area contributed by atoms with E-state index in [0.717, 1.165) is 0 Å². The normalized spacial score (nSPS) is 11.8. The summed E-state index contributed by atoms with van der Waals surface area (Å²) in [6.45, 7) is 0. The zero-order chi connectivity index (χ0) is 18.1. The summed E-state index contributed by atoms with van der Waals surface area (Å²) >= 11 is 0. The molecule has 24 heavy (non-hydrogen) atoms. The summed E-state index contributed by atoms with van der Waals surface area (Å²) in [6, 6.07) is 5.17. The first-order chi connectivity index (χ1) is 11.3. The standard InChI is InChI=1S/C15H13F5O3Si/c1-21-24(22-2,23-3)9-6-4-8(5-7-9)10-11(16)13(18)15(20)14(19)12(10)17/h4-7H,1-3H3. The minimum Gasteiger partial charge on any atom is -0.373 e. The van der Waals surface area contributed by atoms with Crippen LogP contribution in [0.2, 0.25) is 0 Å². The summed E-state index contributed by atoms with van der Waals surface area (Å²) in [4.78, 5) is 0. The van der Waals surface area contributed by atoms with Gasteiger partial charge in [-0.25, -0.2) is 22.0 Å². The number of hydrogen-bond acceptors (Lipinski definition) is 3. The van der Waals surface area contributed by atoms with Gasteiger partial charge in [0.2, 0.25) is 5.82 Å². The Morgan fingerprint density at radius 3 is 1.38 bits per heavy atom. The van der Waals surface area contributed by atoms with E-state index in [2.05, 4.69) is 0 Å². The van der Waals surface area contributed by atoms with E-state index in [4.69, 9.17) is 13.3 Å². The summed E-state index contributed by atoms with van der Waals surface area (Å²) in [7, 11) is 0.946. The highest BCUT2D eigenvalue weighted by Crippen LogP contribution is 2.31. The number of halogens is 5. The smallest absolute Gasteiger partial charge is 0.373 e. The first kappa shape index (κ1) is 18.5. The Morgan fingerprint density at radius 2 is 1.00 bits per heavy atom. The van der Waals surface area contributed by atoms with Gasteiger partial charge in [0, 0.05) is 26.5 Å². The van der Waals surface area contributed by atoms with Gasteiger partial charge in [-0.15, -0.1) is 0 Å². The van der Waals surface area contributed by atoms with E-state index in [1.807, 2.05) is 0 Å². The molecule has 2 rings (SSSR count). The lowest BCUT2D eigenvalue weighted by molar-refractivity contribution is 0.140. The molecule has 0 heterocycles. The van der Waals surface area contributed by atoms with Crippen LogP contribution in [0.3, 0.4) is 0 Å². The molecule has 0 unspecified atom stereocenters. The quantitative estimate of drug-likeness (QED) is 0.353. The van der Waals surface area contributed by atoms with E-state index in [1.54, 1.807) is 0 Å². The van der Waals surface area contributed by atoms with E-state index in [9.17, 15) is 22.0 Å². The van der Waals surface area contributed by atoms with Gasteiger partial charge in [0.1, 0.15) is 0 Å². The molecule has 0 saturated heterocycles. The van der Waals surface area contributed by atoms with Crippen molar-refractivity contribution in [2.75, 3.05) is 21.3 Å². The van der Waals surface area contributed by atoms with Gasteiger partial charge in [-0.1, -0.05) is 24.3 Å². The lowest BCUT2D eigenvalue weighted by atomic mass is 10.0. The van der Waals surface area contributed by atoms with Crippen LogP contribution in [0.4, 0.5) is 22.0 Å². The predicted molar refractivity (Wildman–Crippen MR) is 78.1 cm³/mol. The maximum Gasteiger partial charge on any atom is 0.536 e. The molecule has 0 amide bonds. The third kappa shape index (κ3) is 2.84. The average molecular weight is 364 g/mol. The second kappa shape index (κ2) is 6.97.